The molecule has 8 heteroatoms. The predicted molar refractivity (Wildman–Crippen MR) is 163 cm³/mol. The van der Waals surface area contributed by atoms with Crippen molar-refractivity contribution in [2.45, 2.75) is 5.92 Å². The second-order valence-corrected chi connectivity index (χ2v) is 10.1. The topological polar surface area (TPSA) is 103 Å². The molecule has 4 heterocycles. The molecule has 200 valence electrons. The van der Waals surface area contributed by atoms with Crippen LogP contribution in [-0.4, -0.2) is 38.5 Å². The quantitative estimate of drug-likeness (QED) is 0.209. The third-order valence-corrected chi connectivity index (χ3v) is 7.60. The van der Waals surface area contributed by atoms with Gasteiger partial charge in [-0.25, -0.2) is 24.9 Å². The van der Waals surface area contributed by atoms with Gasteiger partial charge in [-0.3, -0.25) is 4.99 Å². The second kappa shape index (κ2) is 10.0. The smallest absolute Gasteiger partial charge is 0.181 e. The monoisotopic (exact) mass is 546 g/mol. The first-order chi connectivity index (χ1) is 20.8. The summed E-state index contributed by atoms with van der Waals surface area (Å²) in [6.07, 6.45) is 11.6. The van der Waals surface area contributed by atoms with Crippen LogP contribution in [0.4, 0.5) is 0 Å². The third kappa shape index (κ3) is 4.08. The van der Waals surface area contributed by atoms with Gasteiger partial charge in [-0.05, 0) is 38.7 Å². The molecule has 1 aliphatic heterocycles. The molecule has 42 heavy (non-hydrogen) atoms. The third-order valence-electron chi connectivity index (χ3n) is 7.60. The maximum atomic E-state index is 5.18. The number of benzene rings is 4. The summed E-state index contributed by atoms with van der Waals surface area (Å²) in [5, 5.41) is 4.11. The van der Waals surface area contributed by atoms with Crippen LogP contribution in [0.2, 0.25) is 0 Å². The van der Waals surface area contributed by atoms with Crippen LogP contribution in [0.15, 0.2) is 129 Å². The van der Waals surface area contributed by atoms with Gasteiger partial charge in [-0.15, -0.1) is 0 Å². The molecule has 0 saturated carbocycles. The van der Waals surface area contributed by atoms with Crippen LogP contribution in [0.1, 0.15) is 17.2 Å². The van der Waals surface area contributed by atoms with Gasteiger partial charge in [0.15, 0.2) is 24.4 Å². The SMILES string of the molecule is C1=NC(c2c3ccccc3c(-c3ncc(-c4cocn4)cn3)c3cc(-c4ccccc4)ccc23)=NCC1c1cocn1. The zero-order valence-corrected chi connectivity index (χ0v) is 22.3. The lowest BCUT2D eigenvalue weighted by molar-refractivity contribution is 0.556. The van der Waals surface area contributed by atoms with Gasteiger partial charge in [0.25, 0.3) is 0 Å². The minimum absolute atomic E-state index is 0.0226. The van der Waals surface area contributed by atoms with E-state index in [0.717, 1.165) is 55.1 Å². The zero-order valence-electron chi connectivity index (χ0n) is 22.3. The number of hydrogen-bond acceptors (Lipinski definition) is 8. The van der Waals surface area contributed by atoms with E-state index >= 15 is 0 Å². The molecular formula is C34H22N6O2. The lowest BCUT2D eigenvalue weighted by atomic mass is 9.88. The lowest BCUT2D eigenvalue weighted by Crippen LogP contribution is -2.15. The van der Waals surface area contributed by atoms with Gasteiger partial charge in [0, 0.05) is 35.3 Å². The number of fused-ring (bicyclic) bond motifs is 2. The Morgan fingerprint density at radius 1 is 0.619 bits per heavy atom. The van der Waals surface area contributed by atoms with E-state index in [2.05, 4.69) is 64.6 Å². The van der Waals surface area contributed by atoms with Gasteiger partial charge >= 0.3 is 0 Å². The Morgan fingerprint density at radius 2 is 1.36 bits per heavy atom. The van der Waals surface area contributed by atoms with E-state index in [1.807, 2.05) is 24.4 Å². The Balaban J connectivity index is 1.36. The Hall–Kier alpha value is -5.76. The van der Waals surface area contributed by atoms with Gasteiger partial charge in [0.2, 0.25) is 0 Å². The molecule has 1 aliphatic rings. The van der Waals surface area contributed by atoms with E-state index in [9.17, 15) is 0 Å². The number of hydrogen-bond donors (Lipinski definition) is 0. The molecule has 0 fully saturated rings. The maximum absolute atomic E-state index is 5.18. The minimum atomic E-state index is -0.0226. The Bertz CT molecular complexity index is 2100. The van der Waals surface area contributed by atoms with Gasteiger partial charge in [0.1, 0.15) is 18.2 Å². The molecule has 8 nitrogen and oxygen atoms in total. The average molecular weight is 547 g/mol. The summed E-state index contributed by atoms with van der Waals surface area (Å²) in [6, 6.07) is 25.2. The molecule has 0 N–H and O–H groups in total. The molecular weight excluding hydrogens is 524 g/mol. The fourth-order valence-corrected chi connectivity index (χ4v) is 5.57. The van der Waals surface area contributed by atoms with Crippen molar-refractivity contribution < 1.29 is 8.83 Å². The minimum Gasteiger partial charge on any atom is -0.451 e. The largest absolute Gasteiger partial charge is 0.451 e. The Kier molecular flexibility index (Phi) is 5.74. The number of aliphatic imine (C=N–C) groups is 2. The highest BCUT2D eigenvalue weighted by molar-refractivity contribution is 6.26. The van der Waals surface area contributed by atoms with Crippen LogP contribution < -0.4 is 0 Å². The number of oxazole rings is 2. The number of nitrogens with zero attached hydrogens (tertiary/aromatic N) is 6. The molecule has 0 spiro atoms. The van der Waals surface area contributed by atoms with Crippen molar-refractivity contribution in [2.75, 3.05) is 6.54 Å². The molecule has 0 amide bonds. The normalized spacial score (nSPS) is 14.9. The molecule has 1 atom stereocenters. The average Bonchev–Trinajstić information content (AvgIpc) is 3.80. The fourth-order valence-electron chi connectivity index (χ4n) is 5.57. The van der Waals surface area contributed by atoms with E-state index in [1.54, 1.807) is 24.9 Å². The fraction of sp³-hybridized carbons (Fsp3) is 0.0588. The predicted octanol–water partition coefficient (Wildman–Crippen LogP) is 7.37. The van der Waals surface area contributed by atoms with Crippen LogP contribution in [0, 0.1) is 0 Å². The van der Waals surface area contributed by atoms with Gasteiger partial charge in [-0.2, -0.15) is 0 Å². The second-order valence-electron chi connectivity index (χ2n) is 10.1. The first kappa shape index (κ1) is 24.1. The molecule has 0 saturated heterocycles. The Morgan fingerprint density at radius 3 is 2.07 bits per heavy atom. The summed E-state index contributed by atoms with van der Waals surface area (Å²) in [4.78, 5) is 28.0. The number of aromatic nitrogens is 4. The van der Waals surface area contributed by atoms with Gasteiger partial charge < -0.3 is 8.83 Å². The van der Waals surface area contributed by atoms with Crippen molar-refractivity contribution in [3.8, 4) is 33.8 Å². The first-order valence-corrected chi connectivity index (χ1v) is 13.6. The molecule has 0 aliphatic carbocycles. The van der Waals surface area contributed by atoms with Crippen molar-refractivity contribution >= 4 is 33.6 Å². The van der Waals surface area contributed by atoms with Crippen molar-refractivity contribution in [3.63, 3.8) is 0 Å². The van der Waals surface area contributed by atoms with E-state index in [4.69, 9.17) is 28.8 Å². The van der Waals surface area contributed by atoms with Crippen LogP contribution in [-0.2, 0) is 0 Å². The van der Waals surface area contributed by atoms with Gasteiger partial charge in [0.05, 0.1) is 18.2 Å². The van der Waals surface area contributed by atoms with Gasteiger partial charge in [-0.1, -0.05) is 66.7 Å². The molecule has 1 unspecified atom stereocenters. The first-order valence-electron chi connectivity index (χ1n) is 13.6. The summed E-state index contributed by atoms with van der Waals surface area (Å²) in [5.41, 5.74) is 6.47. The van der Waals surface area contributed by atoms with Crippen molar-refractivity contribution in [1.82, 2.24) is 19.9 Å². The summed E-state index contributed by atoms with van der Waals surface area (Å²) in [6.45, 7) is 0.539. The Labute approximate surface area is 240 Å². The highest BCUT2D eigenvalue weighted by Gasteiger charge is 2.23. The van der Waals surface area contributed by atoms with Crippen LogP contribution in [0.5, 0.6) is 0 Å². The van der Waals surface area contributed by atoms with Crippen molar-refractivity contribution in [3.05, 3.63) is 122 Å². The molecule has 7 aromatic rings. The summed E-state index contributed by atoms with van der Waals surface area (Å²) in [7, 11) is 0. The summed E-state index contributed by atoms with van der Waals surface area (Å²) < 4.78 is 10.3. The van der Waals surface area contributed by atoms with Crippen LogP contribution in [0.25, 0.3) is 55.3 Å². The van der Waals surface area contributed by atoms with E-state index in [1.165, 1.54) is 12.8 Å². The van der Waals surface area contributed by atoms with E-state index < -0.39 is 0 Å². The number of amidine groups is 1. The summed E-state index contributed by atoms with van der Waals surface area (Å²) in [5.74, 6) is 1.29. The highest BCUT2D eigenvalue weighted by atomic mass is 16.3. The maximum Gasteiger partial charge on any atom is 0.181 e. The van der Waals surface area contributed by atoms with Crippen LogP contribution in [0.3, 0.4) is 0 Å². The van der Waals surface area contributed by atoms with Crippen LogP contribution >= 0.6 is 0 Å². The number of rotatable bonds is 5. The van der Waals surface area contributed by atoms with E-state index in [-0.39, 0.29) is 5.92 Å². The van der Waals surface area contributed by atoms with Crippen molar-refractivity contribution in [2.24, 2.45) is 9.98 Å². The standard InChI is InChI=1S/C34H22N6O2/c1-2-6-21(7-3-1)22-10-11-27-28(12-22)32(34-37-15-24(16-38-34)30-18-42-20-40-30)26-9-5-4-8-25(26)31(27)33-35-13-23(14-36-33)29-17-41-19-39-29/h1-13,15-20,23H,14H2. The molecule has 0 bridgehead atoms. The lowest BCUT2D eigenvalue weighted by Gasteiger charge is -2.19. The molecule has 0 radical (unpaired) electrons. The van der Waals surface area contributed by atoms with Crippen molar-refractivity contribution in [1.29, 1.82) is 0 Å². The molecule has 8 rings (SSSR count). The molecule has 3 aromatic heterocycles. The highest BCUT2D eigenvalue weighted by Crippen LogP contribution is 2.40. The summed E-state index contributed by atoms with van der Waals surface area (Å²) >= 11 is 0. The molecule has 4 aromatic carbocycles. The zero-order chi connectivity index (χ0) is 27.9. The van der Waals surface area contributed by atoms with E-state index in [0.29, 0.717) is 23.9 Å².